The van der Waals surface area contributed by atoms with Gasteiger partial charge in [0.15, 0.2) is 5.69 Å². The lowest BCUT2D eigenvalue weighted by Gasteiger charge is -2.10. The highest BCUT2D eigenvalue weighted by Gasteiger charge is 2.17. The second-order valence-electron chi connectivity index (χ2n) is 4.92. The van der Waals surface area contributed by atoms with E-state index in [0.717, 1.165) is 10.9 Å². The predicted molar refractivity (Wildman–Crippen MR) is 87.1 cm³/mol. The van der Waals surface area contributed by atoms with Gasteiger partial charge in [-0.2, -0.15) is 5.10 Å². The number of carbonyl (C=O) groups is 1. The van der Waals surface area contributed by atoms with Crippen LogP contribution in [0.5, 0.6) is 0 Å². The number of thiophene rings is 1. The van der Waals surface area contributed by atoms with Crippen molar-refractivity contribution in [1.29, 1.82) is 0 Å². The lowest BCUT2D eigenvalue weighted by atomic mass is 10.2. The van der Waals surface area contributed by atoms with E-state index in [4.69, 9.17) is 0 Å². The van der Waals surface area contributed by atoms with Crippen molar-refractivity contribution in [2.24, 2.45) is 0 Å². The molecule has 1 aromatic carbocycles. The molecule has 3 aromatic rings. The first-order valence-electron chi connectivity index (χ1n) is 7.11. The van der Waals surface area contributed by atoms with Crippen molar-refractivity contribution in [3.63, 3.8) is 0 Å². The first-order chi connectivity index (χ1) is 11.1. The number of nitrogens with zero attached hydrogens (tertiary/aromatic N) is 2. The molecule has 0 aliphatic heterocycles. The van der Waals surface area contributed by atoms with E-state index in [1.807, 2.05) is 24.4 Å². The minimum Gasteiger partial charge on any atom is -0.346 e. The van der Waals surface area contributed by atoms with Gasteiger partial charge in [0.05, 0.1) is 17.4 Å². The number of carbonyl (C=O) groups excluding carboxylic acids is 1. The molecular formula is C16H14FN3O2S. The average molecular weight is 331 g/mol. The number of aromatic nitrogens is 2. The molecule has 3 rings (SSSR count). The number of fused-ring (bicyclic) bond motifs is 1. The molecule has 0 fully saturated rings. The van der Waals surface area contributed by atoms with Gasteiger partial charge >= 0.3 is 0 Å². The third kappa shape index (κ3) is 3.00. The number of hydrogen-bond donors (Lipinski definition) is 1. The van der Waals surface area contributed by atoms with Crippen molar-refractivity contribution in [2.75, 3.05) is 0 Å². The standard InChI is InChI=1S/C16H14FN3O2S/c1-2-20-13-6-5-10(17)8-12(13)15(21)14(19-20)16(22)18-9-11-4-3-7-23-11/h3-8H,2,9H2,1H3,(H,18,22). The fraction of sp³-hybridized carbons (Fsp3) is 0.188. The van der Waals surface area contributed by atoms with Crippen LogP contribution in [0.1, 0.15) is 22.3 Å². The summed E-state index contributed by atoms with van der Waals surface area (Å²) in [5.74, 6) is -1.08. The lowest BCUT2D eigenvalue weighted by molar-refractivity contribution is 0.0943. The van der Waals surface area contributed by atoms with Crippen LogP contribution >= 0.6 is 11.3 Å². The van der Waals surface area contributed by atoms with Gasteiger partial charge in [-0.3, -0.25) is 14.3 Å². The molecule has 0 aliphatic carbocycles. The largest absolute Gasteiger partial charge is 0.346 e. The summed E-state index contributed by atoms with van der Waals surface area (Å²) in [6.07, 6.45) is 0. The fourth-order valence-electron chi connectivity index (χ4n) is 2.32. The molecule has 0 bridgehead atoms. The monoisotopic (exact) mass is 331 g/mol. The van der Waals surface area contributed by atoms with Crippen LogP contribution in [0.15, 0.2) is 40.5 Å². The summed E-state index contributed by atoms with van der Waals surface area (Å²) in [5.41, 5.74) is -0.275. The van der Waals surface area contributed by atoms with Crippen molar-refractivity contribution in [3.05, 3.63) is 62.3 Å². The van der Waals surface area contributed by atoms with Gasteiger partial charge in [-0.1, -0.05) is 6.07 Å². The second kappa shape index (κ2) is 6.29. The number of benzene rings is 1. The normalized spacial score (nSPS) is 10.9. The van der Waals surface area contributed by atoms with E-state index in [0.29, 0.717) is 18.6 Å². The van der Waals surface area contributed by atoms with Gasteiger partial charge in [0, 0.05) is 11.4 Å². The summed E-state index contributed by atoms with van der Waals surface area (Å²) >= 11 is 1.51. The highest BCUT2D eigenvalue weighted by molar-refractivity contribution is 7.09. The van der Waals surface area contributed by atoms with E-state index in [1.165, 1.54) is 28.2 Å². The van der Waals surface area contributed by atoms with Gasteiger partial charge in [-0.25, -0.2) is 4.39 Å². The highest BCUT2D eigenvalue weighted by atomic mass is 32.1. The summed E-state index contributed by atoms with van der Waals surface area (Å²) in [6, 6.07) is 7.68. The zero-order chi connectivity index (χ0) is 16.4. The van der Waals surface area contributed by atoms with Gasteiger partial charge in [0.1, 0.15) is 5.82 Å². The predicted octanol–water partition coefficient (Wildman–Crippen LogP) is 2.55. The van der Waals surface area contributed by atoms with E-state index >= 15 is 0 Å². The van der Waals surface area contributed by atoms with E-state index in [-0.39, 0.29) is 11.1 Å². The molecule has 0 saturated carbocycles. The maximum atomic E-state index is 13.5. The first kappa shape index (κ1) is 15.4. The molecule has 2 heterocycles. The van der Waals surface area contributed by atoms with Gasteiger partial charge in [0.2, 0.25) is 5.43 Å². The quantitative estimate of drug-likeness (QED) is 0.799. The van der Waals surface area contributed by atoms with Gasteiger partial charge in [-0.15, -0.1) is 11.3 Å². The number of halogens is 1. The Hall–Kier alpha value is -2.54. The molecule has 1 amide bonds. The molecule has 0 atom stereocenters. The molecule has 23 heavy (non-hydrogen) atoms. The van der Waals surface area contributed by atoms with Crippen LogP contribution in [-0.2, 0) is 13.1 Å². The van der Waals surface area contributed by atoms with Crippen molar-refractivity contribution >= 4 is 28.1 Å². The summed E-state index contributed by atoms with van der Waals surface area (Å²) in [4.78, 5) is 25.7. The van der Waals surface area contributed by atoms with E-state index in [1.54, 1.807) is 0 Å². The fourth-order valence-corrected chi connectivity index (χ4v) is 2.96. The molecule has 5 nitrogen and oxygen atoms in total. The van der Waals surface area contributed by atoms with Crippen molar-refractivity contribution in [2.45, 2.75) is 20.0 Å². The van der Waals surface area contributed by atoms with Gasteiger partial charge in [-0.05, 0) is 36.6 Å². The lowest BCUT2D eigenvalue weighted by Crippen LogP contribution is -2.31. The molecule has 1 N–H and O–H groups in total. The number of amides is 1. The summed E-state index contributed by atoms with van der Waals surface area (Å²) in [5, 5.41) is 8.86. The van der Waals surface area contributed by atoms with Crippen LogP contribution in [-0.4, -0.2) is 15.7 Å². The SMILES string of the molecule is CCn1nc(C(=O)NCc2cccs2)c(=O)c2cc(F)ccc21. The molecule has 2 aromatic heterocycles. The van der Waals surface area contributed by atoms with Crippen LogP contribution in [0.4, 0.5) is 4.39 Å². The first-order valence-corrected chi connectivity index (χ1v) is 7.99. The Morgan fingerprint density at radius 1 is 1.39 bits per heavy atom. The number of nitrogens with one attached hydrogen (secondary N) is 1. The van der Waals surface area contributed by atoms with E-state index in [9.17, 15) is 14.0 Å². The molecule has 0 aliphatic rings. The zero-order valence-corrected chi connectivity index (χ0v) is 13.2. The average Bonchev–Trinajstić information content (AvgIpc) is 3.07. The Morgan fingerprint density at radius 3 is 2.91 bits per heavy atom. The van der Waals surface area contributed by atoms with Crippen LogP contribution in [0, 0.1) is 5.82 Å². The number of hydrogen-bond acceptors (Lipinski definition) is 4. The van der Waals surface area contributed by atoms with E-state index < -0.39 is 17.2 Å². The van der Waals surface area contributed by atoms with Crippen LogP contribution in [0.2, 0.25) is 0 Å². The maximum absolute atomic E-state index is 13.5. The van der Waals surface area contributed by atoms with E-state index in [2.05, 4.69) is 10.4 Å². The maximum Gasteiger partial charge on any atom is 0.276 e. The Labute approximate surface area is 135 Å². The molecule has 0 saturated heterocycles. The van der Waals surface area contributed by atoms with Crippen molar-refractivity contribution in [3.8, 4) is 0 Å². The molecule has 7 heteroatoms. The molecule has 118 valence electrons. The summed E-state index contributed by atoms with van der Waals surface area (Å²) in [7, 11) is 0. The molecular weight excluding hydrogens is 317 g/mol. The Balaban J connectivity index is 2.01. The zero-order valence-electron chi connectivity index (χ0n) is 12.4. The third-order valence-corrected chi connectivity index (χ3v) is 4.31. The minimum absolute atomic E-state index is 0.156. The Bertz CT molecular complexity index is 919. The minimum atomic E-state index is -0.562. The van der Waals surface area contributed by atoms with Crippen molar-refractivity contribution in [1.82, 2.24) is 15.1 Å². The summed E-state index contributed by atoms with van der Waals surface area (Å²) in [6.45, 7) is 2.63. The van der Waals surface area contributed by atoms with Crippen LogP contribution in [0.3, 0.4) is 0 Å². The highest BCUT2D eigenvalue weighted by Crippen LogP contribution is 2.12. The smallest absolute Gasteiger partial charge is 0.276 e. The van der Waals surface area contributed by atoms with Crippen molar-refractivity contribution < 1.29 is 9.18 Å². The third-order valence-electron chi connectivity index (χ3n) is 3.43. The summed E-state index contributed by atoms with van der Waals surface area (Å²) < 4.78 is 15.0. The van der Waals surface area contributed by atoms with Crippen LogP contribution in [0.25, 0.3) is 10.9 Å². The topological polar surface area (TPSA) is 64.0 Å². The Kier molecular flexibility index (Phi) is 4.20. The Morgan fingerprint density at radius 2 is 2.22 bits per heavy atom. The number of rotatable bonds is 4. The van der Waals surface area contributed by atoms with Gasteiger partial charge in [0.25, 0.3) is 5.91 Å². The van der Waals surface area contributed by atoms with Gasteiger partial charge < -0.3 is 5.32 Å². The van der Waals surface area contributed by atoms with Crippen LogP contribution < -0.4 is 10.7 Å². The molecule has 0 spiro atoms. The molecule has 0 radical (unpaired) electrons. The second-order valence-corrected chi connectivity index (χ2v) is 5.95. The number of aryl methyl sites for hydroxylation is 1. The molecule has 0 unspecified atom stereocenters.